The van der Waals surface area contributed by atoms with E-state index in [1.165, 1.54) is 19.3 Å². The van der Waals surface area contributed by atoms with Gasteiger partial charge in [0.1, 0.15) is 11.5 Å². The number of hydrogen-bond acceptors (Lipinski definition) is 2. The summed E-state index contributed by atoms with van der Waals surface area (Å²) >= 11 is 0. The summed E-state index contributed by atoms with van der Waals surface area (Å²) < 4.78 is 8.17. The van der Waals surface area contributed by atoms with Gasteiger partial charge < -0.3 is 15.0 Å². The van der Waals surface area contributed by atoms with Crippen molar-refractivity contribution in [3.05, 3.63) is 84.6 Å². The Hall–Kier alpha value is -3.53. The lowest BCUT2D eigenvalue weighted by atomic mass is 10.0. The number of para-hydroxylation sites is 1. The van der Waals surface area contributed by atoms with Gasteiger partial charge in [0.05, 0.1) is 6.42 Å². The van der Waals surface area contributed by atoms with Crippen molar-refractivity contribution < 1.29 is 9.53 Å². The number of fused-ring (bicyclic) bond motifs is 1. The van der Waals surface area contributed by atoms with Crippen LogP contribution in [0.4, 0.5) is 0 Å². The number of hydrogen-bond donors (Lipinski definition) is 1. The first-order chi connectivity index (χ1) is 15.6. The molecule has 0 bridgehead atoms. The summed E-state index contributed by atoms with van der Waals surface area (Å²) in [6, 6.07) is 24.3. The van der Waals surface area contributed by atoms with Crippen molar-refractivity contribution in [1.82, 2.24) is 4.57 Å². The Morgan fingerprint density at radius 2 is 1.59 bits per heavy atom. The van der Waals surface area contributed by atoms with Gasteiger partial charge in [0, 0.05) is 23.6 Å². The number of amides is 1. The third-order valence-electron chi connectivity index (χ3n) is 5.75. The van der Waals surface area contributed by atoms with E-state index in [4.69, 9.17) is 10.5 Å². The number of aromatic nitrogens is 1. The maximum Gasteiger partial charge on any atom is 0.221 e. The van der Waals surface area contributed by atoms with E-state index < -0.39 is 0 Å². The smallest absolute Gasteiger partial charge is 0.221 e. The van der Waals surface area contributed by atoms with Gasteiger partial charge in [-0.3, -0.25) is 4.79 Å². The SMILES string of the molecule is CCCCCCn1cc(CC(N)=O)c2cc(-c3ccc(Oc4ccccc4)cc3)ccc21. The van der Waals surface area contributed by atoms with Crippen molar-refractivity contribution in [1.29, 1.82) is 0 Å². The van der Waals surface area contributed by atoms with Crippen molar-refractivity contribution in [2.45, 2.75) is 45.6 Å². The van der Waals surface area contributed by atoms with Crippen LogP contribution in [0.25, 0.3) is 22.0 Å². The minimum absolute atomic E-state index is 0.256. The number of carbonyl (C=O) groups excluding carboxylic acids is 1. The highest BCUT2D eigenvalue weighted by atomic mass is 16.5. The second-order valence-electron chi connectivity index (χ2n) is 8.22. The van der Waals surface area contributed by atoms with E-state index in [-0.39, 0.29) is 12.3 Å². The molecule has 0 spiro atoms. The van der Waals surface area contributed by atoms with Crippen molar-refractivity contribution in [3.63, 3.8) is 0 Å². The van der Waals surface area contributed by atoms with Crippen LogP contribution >= 0.6 is 0 Å². The summed E-state index contributed by atoms with van der Waals surface area (Å²) in [6.07, 6.45) is 7.18. The van der Waals surface area contributed by atoms with E-state index in [2.05, 4.69) is 48.0 Å². The molecule has 0 saturated heterocycles. The normalized spacial score (nSPS) is 11.0. The van der Waals surface area contributed by atoms with Gasteiger partial charge in [-0.15, -0.1) is 0 Å². The van der Waals surface area contributed by atoms with Crippen molar-refractivity contribution in [3.8, 4) is 22.6 Å². The summed E-state index contributed by atoms with van der Waals surface area (Å²) in [4.78, 5) is 11.7. The van der Waals surface area contributed by atoms with Gasteiger partial charge >= 0.3 is 0 Å². The third-order valence-corrected chi connectivity index (χ3v) is 5.75. The Labute approximate surface area is 189 Å². The van der Waals surface area contributed by atoms with E-state index >= 15 is 0 Å². The van der Waals surface area contributed by atoms with E-state index in [1.54, 1.807) is 0 Å². The van der Waals surface area contributed by atoms with Gasteiger partial charge in [0.25, 0.3) is 0 Å². The first kappa shape index (κ1) is 21.7. The first-order valence-electron chi connectivity index (χ1n) is 11.4. The molecule has 1 aromatic heterocycles. The number of rotatable bonds is 10. The number of nitrogens with zero attached hydrogens (tertiary/aromatic N) is 1. The molecule has 4 aromatic rings. The average Bonchev–Trinajstić information content (AvgIpc) is 3.14. The summed E-state index contributed by atoms with van der Waals surface area (Å²) in [5.41, 5.74) is 9.90. The Kier molecular flexibility index (Phi) is 6.90. The van der Waals surface area contributed by atoms with Gasteiger partial charge in [-0.05, 0) is 59.5 Å². The number of ether oxygens (including phenoxy) is 1. The molecular weight excluding hydrogens is 396 g/mol. The molecule has 3 aromatic carbocycles. The Balaban J connectivity index is 1.59. The minimum Gasteiger partial charge on any atom is -0.457 e. The zero-order valence-electron chi connectivity index (χ0n) is 18.6. The molecule has 164 valence electrons. The summed E-state index contributed by atoms with van der Waals surface area (Å²) in [5, 5.41) is 1.10. The summed E-state index contributed by atoms with van der Waals surface area (Å²) in [6.45, 7) is 3.18. The first-order valence-corrected chi connectivity index (χ1v) is 11.4. The second-order valence-corrected chi connectivity index (χ2v) is 8.22. The topological polar surface area (TPSA) is 57.2 Å². The zero-order valence-corrected chi connectivity index (χ0v) is 18.6. The van der Waals surface area contributed by atoms with Crippen molar-refractivity contribution >= 4 is 16.8 Å². The van der Waals surface area contributed by atoms with E-state index in [9.17, 15) is 4.79 Å². The average molecular weight is 427 g/mol. The highest BCUT2D eigenvalue weighted by Gasteiger charge is 2.12. The van der Waals surface area contributed by atoms with E-state index in [0.29, 0.717) is 0 Å². The Morgan fingerprint density at radius 1 is 0.875 bits per heavy atom. The number of unbranched alkanes of at least 4 members (excludes halogenated alkanes) is 3. The summed E-state index contributed by atoms with van der Waals surface area (Å²) in [7, 11) is 0. The molecule has 0 saturated carbocycles. The van der Waals surface area contributed by atoms with Crippen LogP contribution in [0.5, 0.6) is 11.5 Å². The standard InChI is InChI=1S/C28H30N2O2/c1-2-3-4-8-17-30-20-23(19-28(29)31)26-18-22(13-16-27(26)30)21-11-14-25(15-12-21)32-24-9-6-5-7-10-24/h5-7,9-16,18,20H,2-4,8,17,19H2,1H3,(H2,29,31). The highest BCUT2D eigenvalue weighted by molar-refractivity contribution is 5.92. The minimum atomic E-state index is -0.303. The molecule has 0 fully saturated rings. The molecule has 1 amide bonds. The quantitative estimate of drug-likeness (QED) is 0.287. The highest BCUT2D eigenvalue weighted by Crippen LogP contribution is 2.30. The molecule has 1 heterocycles. The molecule has 0 radical (unpaired) electrons. The van der Waals surface area contributed by atoms with Gasteiger partial charge in [0.2, 0.25) is 5.91 Å². The van der Waals surface area contributed by atoms with Gasteiger partial charge in [-0.25, -0.2) is 0 Å². The fourth-order valence-electron chi connectivity index (χ4n) is 4.11. The zero-order chi connectivity index (χ0) is 22.3. The molecule has 4 rings (SSSR count). The van der Waals surface area contributed by atoms with Crippen molar-refractivity contribution in [2.75, 3.05) is 0 Å². The lowest BCUT2D eigenvalue weighted by Crippen LogP contribution is -2.13. The molecular formula is C28H30N2O2. The summed E-state index contributed by atoms with van der Waals surface area (Å²) in [5.74, 6) is 1.31. The maximum atomic E-state index is 11.7. The van der Waals surface area contributed by atoms with Crippen LogP contribution in [-0.4, -0.2) is 10.5 Å². The molecule has 2 N–H and O–H groups in total. The monoisotopic (exact) mass is 426 g/mol. The van der Waals surface area contributed by atoms with E-state index in [1.807, 2.05) is 42.5 Å². The number of primary amides is 1. The van der Waals surface area contributed by atoms with Crippen LogP contribution in [-0.2, 0) is 17.8 Å². The number of carbonyl (C=O) groups is 1. The second kappa shape index (κ2) is 10.2. The molecule has 0 atom stereocenters. The molecule has 0 aliphatic carbocycles. The molecule has 4 nitrogen and oxygen atoms in total. The van der Waals surface area contributed by atoms with Gasteiger partial charge in [-0.1, -0.05) is 62.6 Å². The molecule has 0 aliphatic rings. The number of nitrogens with two attached hydrogens (primary N) is 1. The Morgan fingerprint density at radius 3 is 2.31 bits per heavy atom. The lowest BCUT2D eigenvalue weighted by molar-refractivity contribution is -0.117. The van der Waals surface area contributed by atoms with Crippen LogP contribution < -0.4 is 10.5 Å². The predicted molar refractivity (Wildman–Crippen MR) is 131 cm³/mol. The lowest BCUT2D eigenvalue weighted by Gasteiger charge is -2.08. The third kappa shape index (κ3) is 5.20. The van der Waals surface area contributed by atoms with Gasteiger partial charge in [0.15, 0.2) is 0 Å². The van der Waals surface area contributed by atoms with Crippen LogP contribution in [0.3, 0.4) is 0 Å². The largest absolute Gasteiger partial charge is 0.457 e. The molecule has 4 heteroatoms. The maximum absolute atomic E-state index is 11.7. The number of benzene rings is 3. The molecule has 32 heavy (non-hydrogen) atoms. The fourth-order valence-corrected chi connectivity index (χ4v) is 4.11. The van der Waals surface area contributed by atoms with Crippen LogP contribution in [0.2, 0.25) is 0 Å². The fraction of sp³-hybridized carbons (Fsp3) is 0.250. The van der Waals surface area contributed by atoms with Gasteiger partial charge in [-0.2, -0.15) is 0 Å². The van der Waals surface area contributed by atoms with E-state index in [0.717, 1.165) is 52.1 Å². The van der Waals surface area contributed by atoms with Crippen LogP contribution in [0.15, 0.2) is 79.0 Å². The molecule has 0 aliphatic heterocycles. The predicted octanol–water partition coefficient (Wildman–Crippen LogP) is 6.71. The number of aryl methyl sites for hydroxylation is 1. The Bertz CT molecular complexity index is 1180. The van der Waals surface area contributed by atoms with Crippen molar-refractivity contribution in [2.24, 2.45) is 5.73 Å². The van der Waals surface area contributed by atoms with Crippen LogP contribution in [0.1, 0.15) is 38.2 Å². The molecule has 0 unspecified atom stereocenters. The van der Waals surface area contributed by atoms with Crippen LogP contribution in [0, 0.1) is 0 Å².